The summed E-state index contributed by atoms with van der Waals surface area (Å²) in [4.78, 5) is 64.3. The van der Waals surface area contributed by atoms with Gasteiger partial charge in [-0.1, -0.05) is 39.8 Å². The maximum Gasteiger partial charge on any atom is 0.327 e. The Morgan fingerprint density at radius 1 is 1.06 bits per heavy atom. The number of fused-ring (bicyclic) bond motifs is 1. The van der Waals surface area contributed by atoms with Gasteiger partial charge in [0.25, 0.3) is 5.91 Å². The van der Waals surface area contributed by atoms with Gasteiger partial charge >= 0.3 is 5.97 Å². The highest BCUT2D eigenvalue weighted by molar-refractivity contribution is 8.76. The Morgan fingerprint density at radius 3 is 2.44 bits per heavy atom. The molecular formula is C21H26N4O7S2. The molecule has 11 nitrogen and oxygen atoms in total. The number of hydrogen-bond donors (Lipinski definition) is 5. The van der Waals surface area contributed by atoms with Crippen LogP contribution < -0.4 is 16.0 Å². The Hall–Kier alpha value is -2.77. The Bertz CT molecular complexity index is 933. The molecule has 0 spiro atoms. The topological polar surface area (TPSA) is 165 Å². The second-order valence-electron chi connectivity index (χ2n) is 7.79. The van der Waals surface area contributed by atoms with Crippen molar-refractivity contribution in [3.05, 3.63) is 35.9 Å². The van der Waals surface area contributed by atoms with Gasteiger partial charge in [-0.05, 0) is 25.0 Å². The standard InChI is InChI=1S/C21H26N4O7S2/c26-9-13-20(30)25-8-4-7-16(25)19(29)24-15(21(31)32)11-34-33-10-14(18(28)22-13)23-17(27)12-5-2-1-3-6-12/h1-3,5-6,13-16,26H,4,7-11H2,(H,22,28)(H,23,27)(H,24,29)(H,31,32)/t13-,14-,15-,16-/m0/s1. The summed E-state index contributed by atoms with van der Waals surface area (Å²) in [5.41, 5.74) is 0.343. The van der Waals surface area contributed by atoms with Crippen molar-refractivity contribution in [2.45, 2.75) is 37.0 Å². The Kier molecular flexibility index (Phi) is 9.19. The third kappa shape index (κ3) is 6.42. The van der Waals surface area contributed by atoms with Crippen LogP contribution in [0.5, 0.6) is 0 Å². The summed E-state index contributed by atoms with van der Waals surface area (Å²) in [6, 6.07) is 3.84. The van der Waals surface area contributed by atoms with E-state index in [-0.39, 0.29) is 18.1 Å². The number of aliphatic hydroxyl groups excluding tert-OH is 1. The summed E-state index contributed by atoms with van der Waals surface area (Å²) in [5.74, 6) is -3.53. The number of carboxylic acids is 1. The van der Waals surface area contributed by atoms with Gasteiger partial charge in [0.2, 0.25) is 17.7 Å². The minimum Gasteiger partial charge on any atom is -0.480 e. The van der Waals surface area contributed by atoms with E-state index in [0.29, 0.717) is 18.4 Å². The molecule has 0 radical (unpaired) electrons. The first-order valence-corrected chi connectivity index (χ1v) is 13.2. The van der Waals surface area contributed by atoms with E-state index in [4.69, 9.17) is 0 Å². The van der Waals surface area contributed by atoms with E-state index in [9.17, 15) is 34.2 Å². The first-order valence-electron chi connectivity index (χ1n) is 10.7. The second kappa shape index (κ2) is 12.1. The summed E-state index contributed by atoms with van der Waals surface area (Å²) in [7, 11) is 2.29. The van der Waals surface area contributed by atoms with Gasteiger partial charge < -0.3 is 31.1 Å². The van der Waals surface area contributed by atoms with Gasteiger partial charge in [-0.3, -0.25) is 19.2 Å². The van der Waals surface area contributed by atoms with E-state index in [0.717, 1.165) is 21.6 Å². The smallest absolute Gasteiger partial charge is 0.327 e. The average molecular weight is 511 g/mol. The predicted molar refractivity (Wildman–Crippen MR) is 126 cm³/mol. The van der Waals surface area contributed by atoms with Crippen molar-refractivity contribution in [1.29, 1.82) is 0 Å². The van der Waals surface area contributed by atoms with Crippen molar-refractivity contribution in [2.75, 3.05) is 24.7 Å². The van der Waals surface area contributed by atoms with Crippen LogP contribution in [0.25, 0.3) is 0 Å². The SMILES string of the molecule is O=C(N[C@H]1CSSC[C@@H](C(=O)O)NC(=O)[C@@H]2CCCN2C(=O)[C@H](CO)NC1=O)c1ccccc1. The third-order valence-corrected chi connectivity index (χ3v) is 7.88. The fraction of sp³-hybridized carbons (Fsp3) is 0.476. The molecule has 2 saturated heterocycles. The lowest BCUT2D eigenvalue weighted by Crippen LogP contribution is -2.59. The van der Waals surface area contributed by atoms with Crippen molar-refractivity contribution in [1.82, 2.24) is 20.9 Å². The number of nitrogens with one attached hydrogen (secondary N) is 3. The largest absolute Gasteiger partial charge is 0.480 e. The molecule has 2 heterocycles. The molecule has 5 N–H and O–H groups in total. The molecule has 1 aromatic carbocycles. The first-order chi connectivity index (χ1) is 16.3. The number of carbonyl (C=O) groups excluding carboxylic acids is 4. The van der Waals surface area contributed by atoms with Gasteiger partial charge in [0.05, 0.1) is 6.61 Å². The molecule has 2 fully saturated rings. The molecule has 3 rings (SSSR count). The normalized spacial score (nSPS) is 26.6. The van der Waals surface area contributed by atoms with E-state index in [1.54, 1.807) is 30.3 Å². The molecule has 1 aromatic rings. The van der Waals surface area contributed by atoms with Crippen molar-refractivity contribution in [3.63, 3.8) is 0 Å². The van der Waals surface area contributed by atoms with Crippen LogP contribution in [0.15, 0.2) is 30.3 Å². The molecule has 0 bridgehead atoms. The van der Waals surface area contributed by atoms with Gasteiger partial charge in [-0.25, -0.2) is 4.79 Å². The zero-order valence-corrected chi connectivity index (χ0v) is 19.8. The molecule has 0 aromatic heterocycles. The lowest BCUT2D eigenvalue weighted by atomic mass is 10.1. The van der Waals surface area contributed by atoms with Gasteiger partial charge in [-0.2, -0.15) is 0 Å². The van der Waals surface area contributed by atoms with Crippen LogP contribution in [-0.4, -0.2) is 93.5 Å². The number of carbonyl (C=O) groups is 5. The Balaban J connectivity index is 1.83. The zero-order valence-electron chi connectivity index (χ0n) is 18.1. The number of aliphatic hydroxyl groups is 1. The summed E-state index contributed by atoms with van der Waals surface area (Å²) in [5, 5.41) is 26.9. The van der Waals surface area contributed by atoms with Crippen molar-refractivity contribution >= 4 is 51.2 Å². The summed E-state index contributed by atoms with van der Waals surface area (Å²) in [6.45, 7) is -0.464. The molecule has 34 heavy (non-hydrogen) atoms. The average Bonchev–Trinajstić information content (AvgIpc) is 3.32. The molecule has 0 saturated carbocycles. The molecule has 4 amide bonds. The molecule has 4 atom stereocenters. The van der Waals surface area contributed by atoms with Crippen molar-refractivity contribution in [2.24, 2.45) is 0 Å². The van der Waals surface area contributed by atoms with Crippen molar-refractivity contribution in [3.8, 4) is 0 Å². The van der Waals surface area contributed by atoms with Crippen LogP contribution >= 0.6 is 21.6 Å². The maximum absolute atomic E-state index is 13.0. The predicted octanol–water partition coefficient (Wildman–Crippen LogP) is -0.782. The minimum absolute atomic E-state index is 0.0205. The van der Waals surface area contributed by atoms with E-state index >= 15 is 0 Å². The molecule has 13 heteroatoms. The van der Waals surface area contributed by atoms with Crippen molar-refractivity contribution < 1.29 is 34.2 Å². The fourth-order valence-electron chi connectivity index (χ4n) is 3.65. The van der Waals surface area contributed by atoms with Crippen LogP contribution in [0.3, 0.4) is 0 Å². The summed E-state index contributed by atoms with van der Waals surface area (Å²) >= 11 is 0. The van der Waals surface area contributed by atoms with Crippen LogP contribution in [0.4, 0.5) is 0 Å². The van der Waals surface area contributed by atoms with E-state index < -0.39 is 60.4 Å². The number of aliphatic carboxylic acids is 1. The van der Waals surface area contributed by atoms with E-state index in [1.807, 2.05) is 0 Å². The molecule has 0 unspecified atom stereocenters. The van der Waals surface area contributed by atoms with E-state index in [2.05, 4.69) is 16.0 Å². The first kappa shape index (κ1) is 25.8. The highest BCUT2D eigenvalue weighted by Crippen LogP contribution is 2.25. The lowest BCUT2D eigenvalue weighted by molar-refractivity contribution is -0.144. The molecule has 0 aliphatic carbocycles. The minimum atomic E-state index is -1.31. The highest BCUT2D eigenvalue weighted by atomic mass is 33.1. The molecular weight excluding hydrogens is 484 g/mol. The fourth-order valence-corrected chi connectivity index (χ4v) is 5.97. The lowest BCUT2D eigenvalue weighted by Gasteiger charge is -2.30. The number of rotatable bonds is 4. The summed E-state index contributed by atoms with van der Waals surface area (Å²) < 4.78 is 0. The third-order valence-electron chi connectivity index (χ3n) is 5.46. The van der Waals surface area contributed by atoms with Crippen LogP contribution in [0, 0.1) is 0 Å². The van der Waals surface area contributed by atoms with Gasteiger partial charge in [0.15, 0.2) is 0 Å². The van der Waals surface area contributed by atoms with Gasteiger partial charge in [-0.15, -0.1) is 0 Å². The monoisotopic (exact) mass is 510 g/mol. The zero-order chi connectivity index (χ0) is 24.7. The quantitative estimate of drug-likeness (QED) is 0.327. The molecule has 184 valence electrons. The second-order valence-corrected chi connectivity index (χ2v) is 10.3. The summed E-state index contributed by atoms with van der Waals surface area (Å²) in [6.07, 6.45) is 0.863. The number of carboxylic acid groups (broad SMARTS) is 1. The Morgan fingerprint density at radius 2 is 1.76 bits per heavy atom. The maximum atomic E-state index is 13.0. The number of amides is 4. The number of hydrogen-bond acceptors (Lipinski definition) is 8. The van der Waals surface area contributed by atoms with Crippen LogP contribution in [0.2, 0.25) is 0 Å². The highest BCUT2D eigenvalue weighted by Gasteiger charge is 2.39. The van der Waals surface area contributed by atoms with Crippen LogP contribution in [0.1, 0.15) is 23.2 Å². The molecule has 2 aliphatic rings. The van der Waals surface area contributed by atoms with E-state index in [1.165, 1.54) is 4.90 Å². The van der Waals surface area contributed by atoms with Crippen LogP contribution in [-0.2, 0) is 19.2 Å². The van der Waals surface area contributed by atoms with Gasteiger partial charge in [0.1, 0.15) is 24.2 Å². The molecule has 2 aliphatic heterocycles. The number of benzene rings is 1. The number of nitrogens with zero attached hydrogens (tertiary/aromatic N) is 1. The Labute approximate surface area is 203 Å². The van der Waals surface area contributed by atoms with Gasteiger partial charge in [0, 0.05) is 23.6 Å².